The molecule has 0 spiro atoms. The second kappa shape index (κ2) is 7.53. The number of likely N-dealkylation sites (tertiary alicyclic amines) is 1. The van der Waals surface area contributed by atoms with Gasteiger partial charge in [-0.25, -0.2) is 4.79 Å². The third-order valence-corrected chi connectivity index (χ3v) is 4.57. The zero-order chi connectivity index (χ0) is 17.8. The topological polar surface area (TPSA) is 71.8 Å². The highest BCUT2D eigenvalue weighted by molar-refractivity contribution is 5.87. The maximum Gasteiger partial charge on any atom is 0.341 e. The Balaban J connectivity index is 1.93. The van der Waals surface area contributed by atoms with Crippen LogP contribution in [0.2, 0.25) is 0 Å². The van der Waals surface area contributed by atoms with Crippen LogP contribution in [0.3, 0.4) is 0 Å². The van der Waals surface area contributed by atoms with E-state index >= 15 is 0 Å². The highest BCUT2D eigenvalue weighted by Crippen LogP contribution is 2.21. The first-order valence-corrected chi connectivity index (χ1v) is 8.53. The number of nitrogens with zero attached hydrogens (tertiary/aromatic N) is 2. The van der Waals surface area contributed by atoms with Gasteiger partial charge in [-0.2, -0.15) is 0 Å². The summed E-state index contributed by atoms with van der Waals surface area (Å²) in [6.07, 6.45) is 5.22. The minimum absolute atomic E-state index is 0.0344. The van der Waals surface area contributed by atoms with Gasteiger partial charge in [0.25, 0.3) is 0 Å². The molecule has 2 heterocycles. The van der Waals surface area contributed by atoms with Gasteiger partial charge < -0.3 is 14.4 Å². The van der Waals surface area contributed by atoms with Crippen LogP contribution in [0.1, 0.15) is 30.1 Å². The van der Waals surface area contributed by atoms with Crippen LogP contribution in [-0.2, 0) is 6.54 Å². The number of aromatic nitrogens is 1. The van der Waals surface area contributed by atoms with E-state index in [1.807, 2.05) is 6.07 Å². The summed E-state index contributed by atoms with van der Waals surface area (Å²) in [6.45, 7) is 4.78. The normalized spacial score (nSPS) is 17.6. The number of likely N-dealkylation sites (N-methyl/N-ethyl adjacent to an activating group) is 1. The number of benzene rings is 1. The van der Waals surface area contributed by atoms with Crippen LogP contribution < -0.4 is 10.2 Å². The molecule has 1 fully saturated rings. The molecule has 25 heavy (non-hydrogen) atoms. The van der Waals surface area contributed by atoms with E-state index in [0.29, 0.717) is 18.3 Å². The Labute approximate surface area is 146 Å². The first-order valence-electron chi connectivity index (χ1n) is 8.53. The van der Waals surface area contributed by atoms with E-state index in [1.165, 1.54) is 6.20 Å². The van der Waals surface area contributed by atoms with Crippen LogP contribution >= 0.6 is 0 Å². The van der Waals surface area contributed by atoms with Gasteiger partial charge in [-0.3, -0.25) is 9.69 Å². The lowest BCUT2D eigenvalue weighted by atomic mass is 10.2. The molecule has 6 heteroatoms. The van der Waals surface area contributed by atoms with Gasteiger partial charge in [0.2, 0.25) is 5.43 Å². The third-order valence-electron chi connectivity index (χ3n) is 4.57. The molecule has 1 N–H and O–H groups in total. The first kappa shape index (κ1) is 17.2. The number of rotatable bonds is 6. The summed E-state index contributed by atoms with van der Waals surface area (Å²) in [5, 5.41) is 9.36. The number of hydrogen-bond donors (Lipinski definition) is 1. The molecule has 0 aliphatic carbocycles. The minimum Gasteiger partial charge on any atom is -0.477 e. The molecule has 0 radical (unpaired) electrons. The molecule has 1 aliphatic rings. The van der Waals surface area contributed by atoms with E-state index in [9.17, 15) is 14.7 Å². The molecule has 1 atom stereocenters. The van der Waals surface area contributed by atoms with E-state index < -0.39 is 11.4 Å². The molecule has 1 aliphatic heterocycles. The Bertz CT molecular complexity index is 801. The van der Waals surface area contributed by atoms with Crippen LogP contribution in [0.4, 0.5) is 0 Å². The Morgan fingerprint density at radius 1 is 1.28 bits per heavy atom. The summed E-state index contributed by atoms with van der Waals surface area (Å²) in [4.78, 5) is 26.2. The molecule has 3 rings (SSSR count). The average molecular weight is 342 g/mol. The van der Waals surface area contributed by atoms with Crippen LogP contribution in [0, 0.1) is 0 Å². The predicted molar refractivity (Wildman–Crippen MR) is 94.4 cm³/mol. The van der Waals surface area contributed by atoms with Crippen molar-refractivity contribution < 1.29 is 14.6 Å². The van der Waals surface area contributed by atoms with Gasteiger partial charge in [0, 0.05) is 18.8 Å². The van der Waals surface area contributed by atoms with Crippen LogP contribution in [0.25, 0.3) is 0 Å². The fraction of sp³-hybridized carbons (Fsp3) is 0.368. The van der Waals surface area contributed by atoms with E-state index in [4.69, 9.17) is 4.74 Å². The van der Waals surface area contributed by atoms with Crippen molar-refractivity contribution >= 4 is 5.97 Å². The maximum atomic E-state index is 12.4. The lowest BCUT2D eigenvalue weighted by molar-refractivity contribution is 0.0693. The third kappa shape index (κ3) is 3.91. The van der Waals surface area contributed by atoms with Crippen LogP contribution in [0.5, 0.6) is 11.5 Å². The van der Waals surface area contributed by atoms with Gasteiger partial charge in [0.15, 0.2) is 5.75 Å². The van der Waals surface area contributed by atoms with Crippen molar-refractivity contribution in [1.82, 2.24) is 9.47 Å². The second-order valence-electron chi connectivity index (χ2n) is 6.21. The van der Waals surface area contributed by atoms with Crippen molar-refractivity contribution in [3.63, 3.8) is 0 Å². The van der Waals surface area contributed by atoms with Crippen molar-refractivity contribution in [1.29, 1.82) is 0 Å². The highest BCUT2D eigenvalue weighted by Gasteiger charge is 2.24. The molecular weight excluding hydrogens is 320 g/mol. The Hall–Kier alpha value is -2.60. The lowest BCUT2D eigenvalue weighted by Gasteiger charge is -2.24. The van der Waals surface area contributed by atoms with E-state index in [2.05, 4.69) is 11.8 Å². The van der Waals surface area contributed by atoms with Gasteiger partial charge in [-0.05, 0) is 38.1 Å². The molecule has 0 unspecified atom stereocenters. The van der Waals surface area contributed by atoms with Crippen molar-refractivity contribution in [2.24, 2.45) is 0 Å². The van der Waals surface area contributed by atoms with Crippen LogP contribution in [-0.4, -0.2) is 39.7 Å². The average Bonchev–Trinajstić information content (AvgIpc) is 3.05. The van der Waals surface area contributed by atoms with E-state index in [0.717, 1.165) is 25.9 Å². The fourth-order valence-electron chi connectivity index (χ4n) is 3.31. The van der Waals surface area contributed by atoms with Gasteiger partial charge in [-0.15, -0.1) is 0 Å². The number of carboxylic acid groups (broad SMARTS) is 1. The monoisotopic (exact) mass is 342 g/mol. The van der Waals surface area contributed by atoms with Gasteiger partial charge in [0.05, 0.1) is 6.20 Å². The summed E-state index contributed by atoms with van der Waals surface area (Å²) in [7, 11) is 0. The van der Waals surface area contributed by atoms with Gasteiger partial charge in [-0.1, -0.05) is 25.1 Å². The van der Waals surface area contributed by atoms with Crippen molar-refractivity contribution in [2.75, 3.05) is 13.1 Å². The number of carboxylic acids is 1. The van der Waals surface area contributed by atoms with Crippen LogP contribution in [0.15, 0.2) is 47.5 Å². The summed E-state index contributed by atoms with van der Waals surface area (Å²) in [6, 6.07) is 9.25. The standard InChI is InChI=1S/C19H22N2O4/c1-2-21-10-6-7-14(21)11-20-12-16(19(23)24)18(22)17(13-20)25-15-8-4-3-5-9-15/h3-5,8-9,12-14H,2,6-7,10-11H2,1H3,(H,23,24)/t14-/m1/s1. The summed E-state index contributed by atoms with van der Waals surface area (Å²) < 4.78 is 7.41. The molecule has 0 saturated carbocycles. The minimum atomic E-state index is -1.24. The largest absolute Gasteiger partial charge is 0.477 e. The molecule has 1 aromatic heterocycles. The number of pyridine rings is 1. The predicted octanol–water partition coefficient (Wildman–Crippen LogP) is 2.82. The quantitative estimate of drug-likeness (QED) is 0.874. The summed E-state index contributed by atoms with van der Waals surface area (Å²) in [5.74, 6) is -0.701. The number of para-hydroxylation sites is 1. The SMILES string of the molecule is CCN1CCC[C@@H]1Cn1cc(Oc2ccccc2)c(=O)c(C(=O)O)c1. The van der Waals surface area contributed by atoms with Crippen molar-refractivity contribution in [3.8, 4) is 11.5 Å². The second-order valence-corrected chi connectivity index (χ2v) is 6.21. The zero-order valence-corrected chi connectivity index (χ0v) is 14.2. The Morgan fingerprint density at radius 2 is 2.04 bits per heavy atom. The fourth-order valence-corrected chi connectivity index (χ4v) is 3.31. The Morgan fingerprint density at radius 3 is 2.72 bits per heavy atom. The summed E-state index contributed by atoms with van der Waals surface area (Å²) in [5.41, 5.74) is -0.874. The maximum absolute atomic E-state index is 12.4. The lowest BCUT2D eigenvalue weighted by Crippen LogP contribution is -2.33. The number of carbonyl (C=O) groups is 1. The molecule has 1 aromatic carbocycles. The number of hydrogen-bond acceptors (Lipinski definition) is 4. The van der Waals surface area contributed by atoms with E-state index in [-0.39, 0.29) is 11.3 Å². The van der Waals surface area contributed by atoms with Crippen molar-refractivity contribution in [2.45, 2.75) is 32.4 Å². The molecule has 132 valence electrons. The highest BCUT2D eigenvalue weighted by atomic mass is 16.5. The molecule has 0 amide bonds. The summed E-state index contributed by atoms with van der Waals surface area (Å²) >= 11 is 0. The molecule has 2 aromatic rings. The van der Waals surface area contributed by atoms with Gasteiger partial charge >= 0.3 is 5.97 Å². The smallest absolute Gasteiger partial charge is 0.341 e. The van der Waals surface area contributed by atoms with Crippen molar-refractivity contribution in [3.05, 3.63) is 58.5 Å². The Kier molecular flexibility index (Phi) is 5.19. The molecular formula is C19H22N2O4. The molecule has 6 nitrogen and oxygen atoms in total. The molecule has 1 saturated heterocycles. The number of aromatic carboxylic acids is 1. The zero-order valence-electron chi connectivity index (χ0n) is 14.2. The van der Waals surface area contributed by atoms with Gasteiger partial charge in [0.1, 0.15) is 11.3 Å². The number of ether oxygens (including phenoxy) is 1. The molecule has 0 bridgehead atoms. The van der Waals surface area contributed by atoms with E-state index in [1.54, 1.807) is 35.0 Å². The first-order chi connectivity index (χ1) is 12.1.